The van der Waals surface area contributed by atoms with E-state index in [9.17, 15) is 18.0 Å². The molecule has 1 aliphatic heterocycles. The van der Waals surface area contributed by atoms with Gasteiger partial charge in [0.2, 0.25) is 0 Å². The number of ether oxygens (including phenoxy) is 1. The van der Waals surface area contributed by atoms with E-state index in [-0.39, 0.29) is 23.9 Å². The number of carbonyl (C=O) groups is 1. The Balaban J connectivity index is 1.70. The fourth-order valence-electron chi connectivity index (χ4n) is 3.53. The standard InChI is InChI=1S/C21H17BrF3N3O3/c1-10-13-6-11(22)2-5-16(13)31-18(10)19(29)27-12-3-4-15(23)14(7-12)21(20(24)25)9-30-8-17(26)28-21/h2-7,20H,8-9H2,1H3,(H2,26,28)(H,27,29). The van der Waals surface area contributed by atoms with Gasteiger partial charge in [-0.15, -0.1) is 0 Å². The van der Waals surface area contributed by atoms with Crippen LogP contribution in [0, 0.1) is 12.7 Å². The average Bonchev–Trinajstić information content (AvgIpc) is 3.05. The molecular formula is C21H17BrF3N3O3. The topological polar surface area (TPSA) is 89.8 Å². The zero-order valence-electron chi connectivity index (χ0n) is 16.2. The second-order valence-corrected chi connectivity index (χ2v) is 8.08. The molecule has 0 fully saturated rings. The molecule has 3 aromatic rings. The van der Waals surface area contributed by atoms with E-state index in [4.69, 9.17) is 14.9 Å². The van der Waals surface area contributed by atoms with Gasteiger partial charge in [-0.25, -0.2) is 13.2 Å². The van der Waals surface area contributed by atoms with Crippen molar-refractivity contribution in [3.05, 3.63) is 63.6 Å². The van der Waals surface area contributed by atoms with Gasteiger partial charge in [0, 0.05) is 26.7 Å². The predicted octanol–water partition coefficient (Wildman–Crippen LogP) is 4.74. The van der Waals surface area contributed by atoms with Gasteiger partial charge in [-0.2, -0.15) is 0 Å². The molecule has 0 spiro atoms. The number of nitrogens with two attached hydrogens (primary N) is 1. The largest absolute Gasteiger partial charge is 0.451 e. The van der Waals surface area contributed by atoms with Crippen LogP contribution in [-0.4, -0.2) is 31.4 Å². The Bertz CT molecular complexity index is 1210. The van der Waals surface area contributed by atoms with Gasteiger partial charge in [0.15, 0.2) is 11.3 Å². The van der Waals surface area contributed by atoms with Crippen LogP contribution in [0.3, 0.4) is 0 Å². The number of halogens is 4. The molecule has 1 atom stereocenters. The first-order valence-corrected chi connectivity index (χ1v) is 10.0. The Morgan fingerprint density at radius 3 is 2.77 bits per heavy atom. The van der Waals surface area contributed by atoms with Gasteiger partial charge in [0.1, 0.15) is 23.8 Å². The molecule has 1 unspecified atom stereocenters. The van der Waals surface area contributed by atoms with E-state index < -0.39 is 35.9 Å². The SMILES string of the molecule is Cc1c(C(=O)Nc2ccc(F)c(C3(C(F)F)COCC(N)=N3)c2)oc2ccc(Br)cc12. The molecule has 0 aliphatic carbocycles. The summed E-state index contributed by atoms with van der Waals surface area (Å²) >= 11 is 3.37. The predicted molar refractivity (Wildman–Crippen MR) is 113 cm³/mol. The third-order valence-electron chi connectivity index (χ3n) is 5.07. The van der Waals surface area contributed by atoms with E-state index in [2.05, 4.69) is 26.2 Å². The van der Waals surface area contributed by atoms with Crippen LogP contribution in [0.4, 0.5) is 18.9 Å². The maximum atomic E-state index is 14.6. The molecule has 4 rings (SSSR count). The summed E-state index contributed by atoms with van der Waals surface area (Å²) in [5, 5.41) is 3.32. The van der Waals surface area contributed by atoms with Gasteiger partial charge in [-0.1, -0.05) is 15.9 Å². The fourth-order valence-corrected chi connectivity index (χ4v) is 3.89. The van der Waals surface area contributed by atoms with E-state index in [0.29, 0.717) is 11.1 Å². The number of hydrogen-bond acceptors (Lipinski definition) is 5. The number of amides is 1. The number of hydrogen-bond donors (Lipinski definition) is 2. The molecule has 3 N–H and O–H groups in total. The monoisotopic (exact) mass is 495 g/mol. The van der Waals surface area contributed by atoms with Crippen LogP contribution < -0.4 is 11.1 Å². The number of benzene rings is 2. The Kier molecular flexibility index (Phi) is 5.52. The summed E-state index contributed by atoms with van der Waals surface area (Å²) in [6, 6.07) is 8.68. The van der Waals surface area contributed by atoms with Gasteiger partial charge < -0.3 is 20.2 Å². The number of fused-ring (bicyclic) bond motifs is 1. The second-order valence-electron chi connectivity index (χ2n) is 7.17. The lowest BCUT2D eigenvalue weighted by atomic mass is 9.90. The van der Waals surface area contributed by atoms with E-state index in [1.807, 2.05) is 6.07 Å². The summed E-state index contributed by atoms with van der Waals surface area (Å²) in [5.74, 6) is -1.61. The first-order valence-electron chi connectivity index (χ1n) is 9.21. The van der Waals surface area contributed by atoms with Crippen LogP contribution in [0.1, 0.15) is 21.7 Å². The second kappa shape index (κ2) is 8.01. The maximum absolute atomic E-state index is 14.6. The number of nitrogens with zero attached hydrogens (tertiary/aromatic N) is 1. The van der Waals surface area contributed by atoms with Crippen LogP contribution in [0.25, 0.3) is 11.0 Å². The lowest BCUT2D eigenvalue weighted by Gasteiger charge is -2.33. The van der Waals surface area contributed by atoms with Crippen molar-refractivity contribution in [1.29, 1.82) is 0 Å². The van der Waals surface area contributed by atoms with Gasteiger partial charge in [-0.3, -0.25) is 9.79 Å². The summed E-state index contributed by atoms with van der Waals surface area (Å²) in [6.45, 7) is 1.07. The summed E-state index contributed by atoms with van der Waals surface area (Å²) < 4.78 is 54.1. The minimum atomic E-state index is -3.08. The molecule has 1 aliphatic rings. The van der Waals surface area contributed by atoms with Crippen LogP contribution in [0.5, 0.6) is 0 Å². The van der Waals surface area contributed by atoms with Crippen molar-refractivity contribution < 1.29 is 27.1 Å². The van der Waals surface area contributed by atoms with E-state index in [1.54, 1.807) is 19.1 Å². The van der Waals surface area contributed by atoms with Gasteiger partial charge in [0.25, 0.3) is 12.3 Å². The van der Waals surface area contributed by atoms with E-state index >= 15 is 0 Å². The van der Waals surface area contributed by atoms with Gasteiger partial charge >= 0.3 is 0 Å². The minimum Gasteiger partial charge on any atom is -0.451 e. The van der Waals surface area contributed by atoms with Crippen LogP contribution in [0.15, 0.2) is 50.3 Å². The van der Waals surface area contributed by atoms with Crippen molar-refractivity contribution in [1.82, 2.24) is 0 Å². The zero-order chi connectivity index (χ0) is 22.3. The number of anilines is 1. The molecule has 0 bridgehead atoms. The Morgan fingerprint density at radius 2 is 2.06 bits per heavy atom. The van der Waals surface area contributed by atoms with Crippen LogP contribution in [0.2, 0.25) is 0 Å². The molecular weight excluding hydrogens is 479 g/mol. The third-order valence-corrected chi connectivity index (χ3v) is 5.56. The van der Waals surface area contributed by atoms with Crippen molar-refractivity contribution in [2.24, 2.45) is 10.7 Å². The van der Waals surface area contributed by atoms with Crippen molar-refractivity contribution in [3.8, 4) is 0 Å². The summed E-state index contributed by atoms with van der Waals surface area (Å²) in [6.07, 6.45) is -3.08. The Morgan fingerprint density at radius 1 is 1.29 bits per heavy atom. The molecule has 6 nitrogen and oxygen atoms in total. The number of alkyl halides is 2. The molecule has 0 saturated heterocycles. The number of aryl methyl sites for hydroxylation is 1. The highest BCUT2D eigenvalue weighted by Gasteiger charge is 2.46. The van der Waals surface area contributed by atoms with Crippen molar-refractivity contribution in [2.45, 2.75) is 18.9 Å². The normalized spacial score (nSPS) is 19.0. The highest BCUT2D eigenvalue weighted by atomic mass is 79.9. The molecule has 1 amide bonds. The lowest BCUT2D eigenvalue weighted by Crippen LogP contribution is -2.45. The average molecular weight is 496 g/mol. The van der Waals surface area contributed by atoms with Gasteiger partial charge in [0.05, 0.1) is 6.61 Å². The molecule has 0 radical (unpaired) electrons. The Hall–Kier alpha value is -2.85. The van der Waals surface area contributed by atoms with E-state index in [0.717, 1.165) is 22.0 Å². The molecule has 1 aromatic heterocycles. The molecule has 2 aromatic carbocycles. The Labute approximate surface area is 183 Å². The molecule has 0 saturated carbocycles. The first kappa shape index (κ1) is 21.4. The van der Waals surface area contributed by atoms with Crippen molar-refractivity contribution in [3.63, 3.8) is 0 Å². The zero-order valence-corrected chi connectivity index (χ0v) is 17.8. The highest BCUT2D eigenvalue weighted by Crippen LogP contribution is 2.38. The number of rotatable bonds is 4. The molecule has 31 heavy (non-hydrogen) atoms. The first-order chi connectivity index (χ1) is 14.7. The molecule has 162 valence electrons. The molecule has 10 heteroatoms. The third kappa shape index (κ3) is 3.81. The summed E-state index contributed by atoms with van der Waals surface area (Å²) in [5.41, 5.74) is 4.09. The van der Waals surface area contributed by atoms with Gasteiger partial charge in [-0.05, 0) is 43.3 Å². The molecule has 2 heterocycles. The maximum Gasteiger partial charge on any atom is 0.291 e. The fraction of sp³-hybridized carbons (Fsp3) is 0.238. The quantitative estimate of drug-likeness (QED) is 0.546. The number of amidine groups is 1. The number of nitrogens with one attached hydrogen (secondary N) is 1. The number of aliphatic imine (C=N–C) groups is 1. The summed E-state index contributed by atoms with van der Waals surface area (Å²) in [7, 11) is 0. The minimum absolute atomic E-state index is 0.0609. The lowest BCUT2D eigenvalue weighted by molar-refractivity contribution is -0.0145. The van der Waals surface area contributed by atoms with Crippen molar-refractivity contribution in [2.75, 3.05) is 18.5 Å². The van der Waals surface area contributed by atoms with E-state index in [1.165, 1.54) is 6.07 Å². The highest BCUT2D eigenvalue weighted by molar-refractivity contribution is 9.10. The van der Waals surface area contributed by atoms with Crippen LogP contribution in [-0.2, 0) is 10.3 Å². The smallest absolute Gasteiger partial charge is 0.291 e. The summed E-state index contributed by atoms with van der Waals surface area (Å²) in [4.78, 5) is 16.6. The number of furan rings is 1. The number of carbonyl (C=O) groups excluding carboxylic acids is 1. The van der Waals surface area contributed by atoms with Crippen molar-refractivity contribution >= 4 is 44.3 Å². The van der Waals surface area contributed by atoms with Crippen LogP contribution >= 0.6 is 15.9 Å².